The zero-order chi connectivity index (χ0) is 8.53. The van der Waals surface area contributed by atoms with E-state index in [-0.39, 0.29) is 0 Å². The molecule has 0 heterocycles. The minimum absolute atomic E-state index is 1.01. The average molecular weight is 152 g/mol. The molecule has 63 valence electrons. The van der Waals surface area contributed by atoms with E-state index in [9.17, 15) is 0 Å². The highest BCUT2D eigenvalue weighted by Gasteiger charge is 1.90. The van der Waals surface area contributed by atoms with Crippen molar-refractivity contribution in [3.05, 3.63) is 31.5 Å². The molecule has 1 heteroatoms. The van der Waals surface area contributed by atoms with Crippen LogP contribution >= 0.6 is 0 Å². The standard InChI is InChI=1S/C10H18N/c1-4-7-10-11(8-5-2)9-6-3/h5-6,8-9H,1,4,7,10H2,2-3H3. The fourth-order valence-electron chi connectivity index (χ4n) is 0.876. The van der Waals surface area contributed by atoms with E-state index < -0.39 is 0 Å². The summed E-state index contributed by atoms with van der Waals surface area (Å²) in [6.07, 6.45) is 10.4. The third-order valence-electron chi connectivity index (χ3n) is 1.35. The predicted octanol–water partition coefficient (Wildman–Crippen LogP) is 2.97. The lowest BCUT2D eigenvalue weighted by molar-refractivity contribution is 0.489. The molecule has 0 saturated heterocycles. The van der Waals surface area contributed by atoms with E-state index in [0.29, 0.717) is 0 Å². The molecule has 1 nitrogen and oxygen atoms in total. The lowest BCUT2D eigenvalue weighted by Crippen LogP contribution is -2.10. The Kier molecular flexibility index (Phi) is 6.90. The first-order chi connectivity index (χ1) is 5.35. The molecule has 1 radical (unpaired) electrons. The molecule has 0 fully saturated rings. The largest absolute Gasteiger partial charge is 0.355 e. The maximum atomic E-state index is 3.80. The van der Waals surface area contributed by atoms with Gasteiger partial charge in [0.05, 0.1) is 0 Å². The Morgan fingerprint density at radius 2 is 1.73 bits per heavy atom. The quantitative estimate of drug-likeness (QED) is 0.585. The van der Waals surface area contributed by atoms with Gasteiger partial charge in [0.15, 0.2) is 0 Å². The molecular weight excluding hydrogens is 134 g/mol. The fraction of sp³-hybridized carbons (Fsp3) is 0.500. The number of allylic oxidation sites excluding steroid dienone is 2. The number of hydrogen-bond acceptors (Lipinski definition) is 1. The third kappa shape index (κ3) is 5.71. The van der Waals surface area contributed by atoms with E-state index in [1.807, 2.05) is 26.0 Å². The Labute approximate surface area is 70.4 Å². The van der Waals surface area contributed by atoms with Crippen molar-refractivity contribution >= 4 is 0 Å². The first kappa shape index (κ1) is 10.3. The zero-order valence-electron chi connectivity index (χ0n) is 7.59. The third-order valence-corrected chi connectivity index (χ3v) is 1.35. The van der Waals surface area contributed by atoms with Gasteiger partial charge in [0, 0.05) is 6.54 Å². The van der Waals surface area contributed by atoms with E-state index in [4.69, 9.17) is 0 Å². The molecule has 0 aromatic heterocycles. The van der Waals surface area contributed by atoms with Crippen LogP contribution in [0.25, 0.3) is 0 Å². The lowest BCUT2D eigenvalue weighted by atomic mass is 10.3. The second-order valence-electron chi connectivity index (χ2n) is 2.41. The van der Waals surface area contributed by atoms with Gasteiger partial charge in [0.1, 0.15) is 0 Å². The van der Waals surface area contributed by atoms with Crippen LogP contribution < -0.4 is 0 Å². The molecule has 0 N–H and O–H groups in total. The summed E-state index contributed by atoms with van der Waals surface area (Å²) in [4.78, 5) is 2.17. The van der Waals surface area contributed by atoms with Crippen LogP contribution in [0.2, 0.25) is 0 Å². The van der Waals surface area contributed by atoms with Crippen molar-refractivity contribution in [3.63, 3.8) is 0 Å². The van der Waals surface area contributed by atoms with Crippen LogP contribution in [0.3, 0.4) is 0 Å². The summed E-state index contributed by atoms with van der Waals surface area (Å²) in [7, 11) is 0. The summed E-state index contributed by atoms with van der Waals surface area (Å²) in [5, 5.41) is 0. The van der Waals surface area contributed by atoms with Gasteiger partial charge in [-0.25, -0.2) is 0 Å². The monoisotopic (exact) mass is 152 g/mol. The van der Waals surface area contributed by atoms with Gasteiger partial charge in [0.25, 0.3) is 0 Å². The van der Waals surface area contributed by atoms with Crippen molar-refractivity contribution < 1.29 is 0 Å². The van der Waals surface area contributed by atoms with E-state index in [0.717, 1.165) is 19.4 Å². The predicted molar refractivity (Wildman–Crippen MR) is 50.9 cm³/mol. The van der Waals surface area contributed by atoms with Gasteiger partial charge in [-0.15, -0.1) is 0 Å². The average Bonchev–Trinajstić information content (AvgIpc) is 2.01. The highest BCUT2D eigenvalue weighted by Crippen LogP contribution is 1.96. The first-order valence-electron chi connectivity index (χ1n) is 4.15. The van der Waals surface area contributed by atoms with Crippen molar-refractivity contribution in [3.8, 4) is 0 Å². The highest BCUT2D eigenvalue weighted by molar-refractivity contribution is 4.88. The van der Waals surface area contributed by atoms with E-state index in [1.165, 1.54) is 0 Å². The minimum atomic E-state index is 1.01. The summed E-state index contributed by atoms with van der Waals surface area (Å²) in [6.45, 7) is 8.93. The molecule has 0 aromatic rings. The van der Waals surface area contributed by atoms with Gasteiger partial charge in [0.2, 0.25) is 0 Å². The fourth-order valence-corrected chi connectivity index (χ4v) is 0.876. The second-order valence-corrected chi connectivity index (χ2v) is 2.41. The van der Waals surface area contributed by atoms with Crippen LogP contribution in [-0.4, -0.2) is 11.4 Å². The Morgan fingerprint density at radius 3 is 2.09 bits per heavy atom. The van der Waals surface area contributed by atoms with Crippen LogP contribution in [0, 0.1) is 6.92 Å². The maximum Gasteiger partial charge on any atom is 0.0219 e. The Hall–Kier alpha value is -0.720. The van der Waals surface area contributed by atoms with Crippen LogP contribution in [0.5, 0.6) is 0 Å². The molecule has 0 aromatic carbocycles. The van der Waals surface area contributed by atoms with Crippen LogP contribution in [-0.2, 0) is 0 Å². The molecule has 0 rings (SSSR count). The van der Waals surface area contributed by atoms with Gasteiger partial charge >= 0.3 is 0 Å². The first-order valence-corrected chi connectivity index (χ1v) is 4.15. The lowest BCUT2D eigenvalue weighted by Gasteiger charge is -2.13. The molecule has 0 spiro atoms. The zero-order valence-corrected chi connectivity index (χ0v) is 7.59. The summed E-state index contributed by atoms with van der Waals surface area (Å²) < 4.78 is 0. The smallest absolute Gasteiger partial charge is 0.0219 e. The van der Waals surface area contributed by atoms with E-state index >= 15 is 0 Å². The normalized spacial score (nSPS) is 11.5. The number of nitrogens with zero attached hydrogens (tertiary/aromatic N) is 1. The summed E-state index contributed by atoms with van der Waals surface area (Å²) in [6, 6.07) is 0. The molecule has 0 amide bonds. The molecule has 0 atom stereocenters. The van der Waals surface area contributed by atoms with Crippen LogP contribution in [0.1, 0.15) is 26.7 Å². The molecule has 0 aliphatic rings. The molecule has 0 unspecified atom stereocenters. The molecule has 0 aliphatic heterocycles. The Balaban J connectivity index is 3.69. The highest BCUT2D eigenvalue weighted by atomic mass is 15.1. The van der Waals surface area contributed by atoms with Crippen molar-refractivity contribution in [2.24, 2.45) is 0 Å². The van der Waals surface area contributed by atoms with E-state index in [2.05, 4.69) is 24.2 Å². The molecular formula is C10H18N. The van der Waals surface area contributed by atoms with Gasteiger partial charge < -0.3 is 4.90 Å². The summed E-state index contributed by atoms with van der Waals surface area (Å²) >= 11 is 0. The minimum Gasteiger partial charge on any atom is -0.355 e. The molecule has 0 saturated carbocycles. The molecule has 0 aliphatic carbocycles. The van der Waals surface area contributed by atoms with Gasteiger partial charge in [-0.05, 0) is 32.7 Å². The maximum absolute atomic E-state index is 3.80. The molecule has 11 heavy (non-hydrogen) atoms. The Morgan fingerprint density at radius 1 is 1.18 bits per heavy atom. The van der Waals surface area contributed by atoms with Crippen LogP contribution in [0.15, 0.2) is 24.6 Å². The van der Waals surface area contributed by atoms with Crippen molar-refractivity contribution in [1.82, 2.24) is 4.90 Å². The van der Waals surface area contributed by atoms with Gasteiger partial charge in [-0.2, -0.15) is 0 Å². The van der Waals surface area contributed by atoms with Gasteiger partial charge in [-0.1, -0.05) is 25.5 Å². The van der Waals surface area contributed by atoms with Crippen LogP contribution in [0.4, 0.5) is 0 Å². The topological polar surface area (TPSA) is 3.24 Å². The van der Waals surface area contributed by atoms with Crippen molar-refractivity contribution in [1.29, 1.82) is 0 Å². The number of hydrogen-bond donors (Lipinski definition) is 0. The number of unbranched alkanes of at least 4 members (excludes halogenated alkanes) is 1. The van der Waals surface area contributed by atoms with Crippen molar-refractivity contribution in [2.75, 3.05) is 6.54 Å². The second kappa shape index (κ2) is 7.39. The summed E-state index contributed by atoms with van der Waals surface area (Å²) in [5.74, 6) is 0. The van der Waals surface area contributed by atoms with Gasteiger partial charge in [-0.3, -0.25) is 0 Å². The number of rotatable bonds is 5. The Bertz CT molecular complexity index is 113. The van der Waals surface area contributed by atoms with Crippen molar-refractivity contribution in [2.45, 2.75) is 26.7 Å². The molecule has 0 bridgehead atoms. The van der Waals surface area contributed by atoms with E-state index in [1.54, 1.807) is 0 Å². The summed E-state index contributed by atoms with van der Waals surface area (Å²) in [5.41, 5.74) is 0. The SMILES string of the molecule is [CH2]CCCN(C=CC)C=CC.